The molecule has 0 spiro atoms. The molecule has 2 nitrogen and oxygen atoms in total. The number of benzene rings is 1. The highest BCUT2D eigenvalue weighted by Gasteiger charge is 2.23. The normalized spacial score (nSPS) is 18.6. The van der Waals surface area contributed by atoms with Crippen molar-refractivity contribution in [2.75, 3.05) is 6.61 Å². The van der Waals surface area contributed by atoms with Gasteiger partial charge in [0.2, 0.25) is 0 Å². The fourth-order valence-electron chi connectivity index (χ4n) is 2.19. The first-order valence-electron chi connectivity index (χ1n) is 5.82. The average Bonchev–Trinajstić information content (AvgIpc) is 2.81. The van der Waals surface area contributed by atoms with Crippen LogP contribution in [0.1, 0.15) is 25.7 Å². The minimum atomic E-state index is -0.314. The van der Waals surface area contributed by atoms with E-state index in [1.165, 1.54) is 12.8 Å². The molecule has 1 aliphatic carbocycles. The fourth-order valence-corrected chi connectivity index (χ4v) is 2.46. The minimum absolute atomic E-state index is 0.314. The molecule has 88 valence electrons. The zero-order valence-electron chi connectivity index (χ0n) is 9.23. The summed E-state index contributed by atoms with van der Waals surface area (Å²) in [5, 5.41) is 9.93. The second kappa shape index (κ2) is 5.69. The van der Waals surface area contributed by atoms with Gasteiger partial charge in [0.05, 0.1) is 6.10 Å². The quantitative estimate of drug-likeness (QED) is 0.919. The van der Waals surface area contributed by atoms with E-state index >= 15 is 0 Å². The Morgan fingerprint density at radius 3 is 2.50 bits per heavy atom. The van der Waals surface area contributed by atoms with Gasteiger partial charge in [-0.05, 0) is 43.0 Å². The largest absolute Gasteiger partial charge is 0.491 e. The summed E-state index contributed by atoms with van der Waals surface area (Å²) >= 11 is 3.37. The number of hydrogen-bond donors (Lipinski definition) is 1. The molecule has 3 heteroatoms. The lowest BCUT2D eigenvalue weighted by Gasteiger charge is -2.18. The maximum atomic E-state index is 9.93. The van der Waals surface area contributed by atoms with Crippen LogP contribution >= 0.6 is 15.9 Å². The molecular weight excluding hydrogens is 268 g/mol. The molecule has 16 heavy (non-hydrogen) atoms. The van der Waals surface area contributed by atoms with Crippen LogP contribution in [0.4, 0.5) is 0 Å². The Morgan fingerprint density at radius 2 is 1.88 bits per heavy atom. The van der Waals surface area contributed by atoms with Crippen LogP contribution in [-0.2, 0) is 0 Å². The summed E-state index contributed by atoms with van der Waals surface area (Å²) in [6, 6.07) is 7.70. The van der Waals surface area contributed by atoms with E-state index in [1.807, 2.05) is 24.3 Å². The first kappa shape index (κ1) is 11.9. The summed E-state index contributed by atoms with van der Waals surface area (Å²) in [6.07, 6.45) is 4.47. The number of ether oxygens (including phenoxy) is 1. The van der Waals surface area contributed by atoms with Gasteiger partial charge in [-0.1, -0.05) is 28.8 Å². The lowest BCUT2D eigenvalue weighted by Crippen LogP contribution is -2.25. The van der Waals surface area contributed by atoms with Crippen LogP contribution in [-0.4, -0.2) is 17.8 Å². The van der Waals surface area contributed by atoms with Crippen LogP contribution in [0.3, 0.4) is 0 Å². The lowest BCUT2D eigenvalue weighted by molar-refractivity contribution is 0.0593. The highest BCUT2D eigenvalue weighted by molar-refractivity contribution is 9.10. The topological polar surface area (TPSA) is 29.5 Å². The Labute approximate surface area is 105 Å². The van der Waals surface area contributed by atoms with Crippen molar-refractivity contribution in [2.24, 2.45) is 5.92 Å². The van der Waals surface area contributed by atoms with Gasteiger partial charge in [0.1, 0.15) is 12.4 Å². The highest BCUT2D eigenvalue weighted by Crippen LogP contribution is 2.28. The molecule has 0 aliphatic heterocycles. The summed E-state index contributed by atoms with van der Waals surface area (Å²) in [4.78, 5) is 0. The maximum absolute atomic E-state index is 9.93. The summed E-state index contributed by atoms with van der Waals surface area (Å²) in [5.41, 5.74) is 0. The van der Waals surface area contributed by atoms with Crippen LogP contribution in [0.25, 0.3) is 0 Å². The molecule has 1 N–H and O–H groups in total. The average molecular weight is 285 g/mol. The summed E-state index contributed by atoms with van der Waals surface area (Å²) in [5.74, 6) is 1.26. The third kappa shape index (κ3) is 3.22. The summed E-state index contributed by atoms with van der Waals surface area (Å²) < 4.78 is 6.60. The Kier molecular flexibility index (Phi) is 4.24. The van der Waals surface area contributed by atoms with E-state index < -0.39 is 0 Å². The molecule has 0 aromatic heterocycles. The van der Waals surface area contributed by atoms with Crippen LogP contribution in [0.2, 0.25) is 0 Å². The first-order valence-corrected chi connectivity index (χ1v) is 6.61. The van der Waals surface area contributed by atoms with E-state index in [4.69, 9.17) is 4.74 Å². The van der Waals surface area contributed by atoms with Gasteiger partial charge in [-0.25, -0.2) is 0 Å². The maximum Gasteiger partial charge on any atom is 0.119 e. The van der Waals surface area contributed by atoms with Crippen molar-refractivity contribution in [3.63, 3.8) is 0 Å². The predicted molar refractivity (Wildman–Crippen MR) is 67.6 cm³/mol. The van der Waals surface area contributed by atoms with Crippen LogP contribution < -0.4 is 4.74 Å². The van der Waals surface area contributed by atoms with Crippen molar-refractivity contribution >= 4 is 15.9 Å². The second-order valence-corrected chi connectivity index (χ2v) is 5.29. The van der Waals surface area contributed by atoms with Crippen LogP contribution in [0, 0.1) is 5.92 Å². The van der Waals surface area contributed by atoms with Gasteiger partial charge in [-0.2, -0.15) is 0 Å². The van der Waals surface area contributed by atoms with E-state index in [9.17, 15) is 5.11 Å². The van der Waals surface area contributed by atoms with Gasteiger partial charge in [0.25, 0.3) is 0 Å². The number of aliphatic hydroxyl groups is 1. The molecule has 0 amide bonds. The van der Waals surface area contributed by atoms with Crippen molar-refractivity contribution < 1.29 is 9.84 Å². The van der Waals surface area contributed by atoms with E-state index in [-0.39, 0.29) is 6.10 Å². The molecular formula is C13H17BrO2. The number of rotatable bonds is 4. The Hall–Kier alpha value is -0.540. The SMILES string of the molecule is OC(COc1ccc(Br)cc1)C1CCCC1. The third-order valence-electron chi connectivity index (χ3n) is 3.18. The van der Waals surface area contributed by atoms with Crippen molar-refractivity contribution in [1.29, 1.82) is 0 Å². The first-order chi connectivity index (χ1) is 7.75. The van der Waals surface area contributed by atoms with Crippen molar-refractivity contribution in [3.8, 4) is 5.75 Å². The van der Waals surface area contributed by atoms with Gasteiger partial charge in [0.15, 0.2) is 0 Å². The molecule has 0 bridgehead atoms. The van der Waals surface area contributed by atoms with E-state index in [2.05, 4.69) is 15.9 Å². The number of aliphatic hydroxyl groups excluding tert-OH is 1. The third-order valence-corrected chi connectivity index (χ3v) is 3.71. The molecule has 0 saturated heterocycles. The summed E-state index contributed by atoms with van der Waals surface area (Å²) in [7, 11) is 0. The van der Waals surface area contributed by atoms with Crippen molar-refractivity contribution in [3.05, 3.63) is 28.7 Å². The molecule has 0 radical (unpaired) electrons. The van der Waals surface area contributed by atoms with Crippen molar-refractivity contribution in [2.45, 2.75) is 31.8 Å². The second-order valence-electron chi connectivity index (χ2n) is 4.38. The molecule has 1 atom stereocenters. The minimum Gasteiger partial charge on any atom is -0.491 e. The Morgan fingerprint density at radius 1 is 1.25 bits per heavy atom. The van der Waals surface area contributed by atoms with E-state index in [0.29, 0.717) is 12.5 Å². The molecule has 0 heterocycles. The molecule has 2 rings (SSSR count). The smallest absolute Gasteiger partial charge is 0.119 e. The highest BCUT2D eigenvalue weighted by atomic mass is 79.9. The van der Waals surface area contributed by atoms with Gasteiger partial charge in [-0.3, -0.25) is 0 Å². The Bertz CT molecular complexity index is 317. The zero-order chi connectivity index (χ0) is 11.4. The molecule has 1 saturated carbocycles. The van der Waals surface area contributed by atoms with Gasteiger partial charge in [0, 0.05) is 4.47 Å². The van der Waals surface area contributed by atoms with Gasteiger partial charge >= 0.3 is 0 Å². The van der Waals surface area contributed by atoms with Crippen molar-refractivity contribution in [1.82, 2.24) is 0 Å². The molecule has 1 fully saturated rings. The van der Waals surface area contributed by atoms with Crippen LogP contribution in [0.15, 0.2) is 28.7 Å². The van der Waals surface area contributed by atoms with E-state index in [0.717, 1.165) is 23.1 Å². The van der Waals surface area contributed by atoms with E-state index in [1.54, 1.807) is 0 Å². The Balaban J connectivity index is 1.80. The van der Waals surface area contributed by atoms with Gasteiger partial charge < -0.3 is 9.84 Å². The lowest BCUT2D eigenvalue weighted by atomic mass is 10.0. The number of halogens is 1. The molecule has 1 aliphatic rings. The predicted octanol–water partition coefficient (Wildman–Crippen LogP) is 3.38. The zero-order valence-corrected chi connectivity index (χ0v) is 10.8. The summed E-state index contributed by atoms with van der Waals surface area (Å²) in [6.45, 7) is 0.409. The fraction of sp³-hybridized carbons (Fsp3) is 0.538. The molecule has 1 aromatic rings. The van der Waals surface area contributed by atoms with Crippen LogP contribution in [0.5, 0.6) is 5.75 Å². The molecule has 1 aromatic carbocycles. The molecule has 1 unspecified atom stereocenters. The monoisotopic (exact) mass is 284 g/mol. The standard InChI is InChI=1S/C13H17BrO2/c14-11-5-7-12(8-6-11)16-9-13(15)10-3-1-2-4-10/h5-8,10,13,15H,1-4,9H2. The number of hydrogen-bond acceptors (Lipinski definition) is 2. The van der Waals surface area contributed by atoms with Gasteiger partial charge in [-0.15, -0.1) is 0 Å².